The first-order chi connectivity index (χ1) is 19.1. The number of quaternary nitrogens is 1. The summed E-state index contributed by atoms with van der Waals surface area (Å²) in [5, 5.41) is 6.25. The maximum atomic E-state index is 12.5. The van der Waals surface area contributed by atoms with Gasteiger partial charge in [0, 0.05) is 18.1 Å². The number of amides is 2. The van der Waals surface area contributed by atoms with Crippen molar-refractivity contribution in [1.82, 2.24) is 10.6 Å². The van der Waals surface area contributed by atoms with Gasteiger partial charge in [-0.25, -0.2) is 9.59 Å². The molecule has 1 heterocycles. The van der Waals surface area contributed by atoms with Crippen LogP contribution in [0.1, 0.15) is 64.2 Å². The van der Waals surface area contributed by atoms with Crippen LogP contribution in [0.25, 0.3) is 0 Å². The first-order valence-electron chi connectivity index (χ1n) is 14.2. The van der Waals surface area contributed by atoms with Gasteiger partial charge in [0.15, 0.2) is 0 Å². The molecule has 2 aromatic carbocycles. The van der Waals surface area contributed by atoms with Crippen molar-refractivity contribution in [2.75, 3.05) is 46.1 Å². The van der Waals surface area contributed by atoms with Gasteiger partial charge in [0.2, 0.25) is 6.73 Å². The van der Waals surface area contributed by atoms with E-state index in [0.29, 0.717) is 35.9 Å². The maximum absolute atomic E-state index is 12.5. The number of halogens is 2. The molecule has 1 aliphatic rings. The van der Waals surface area contributed by atoms with Crippen LogP contribution in [0.5, 0.6) is 0 Å². The number of benzene rings is 2. The lowest BCUT2D eigenvalue weighted by Crippen LogP contribution is -3.00. The highest BCUT2D eigenvalue weighted by atomic mass is 35.5. The van der Waals surface area contributed by atoms with Gasteiger partial charge in [0.1, 0.15) is 18.2 Å². The van der Waals surface area contributed by atoms with E-state index in [1.807, 2.05) is 70.2 Å². The van der Waals surface area contributed by atoms with Gasteiger partial charge in [-0.3, -0.25) is 4.48 Å². The Balaban J connectivity index is 0.00000588. The van der Waals surface area contributed by atoms with Gasteiger partial charge in [0.25, 0.3) is 0 Å². The highest BCUT2D eigenvalue weighted by Crippen LogP contribution is 2.28. The van der Waals surface area contributed by atoms with E-state index < -0.39 is 17.8 Å². The average molecular weight is 611 g/mol. The summed E-state index contributed by atoms with van der Waals surface area (Å²) >= 11 is 6.12. The van der Waals surface area contributed by atoms with E-state index in [0.717, 1.165) is 43.6 Å². The third-order valence-corrected chi connectivity index (χ3v) is 7.20. The van der Waals surface area contributed by atoms with E-state index in [-0.39, 0.29) is 24.4 Å². The summed E-state index contributed by atoms with van der Waals surface area (Å²) in [4.78, 5) is 24.4. The largest absolute Gasteiger partial charge is 1.00 e. The quantitative estimate of drug-likeness (QED) is 0.361. The molecule has 0 aliphatic carbocycles. The van der Waals surface area contributed by atoms with Crippen LogP contribution in [-0.2, 0) is 14.2 Å². The molecule has 228 valence electrons. The van der Waals surface area contributed by atoms with Crippen molar-refractivity contribution in [2.24, 2.45) is 5.92 Å². The molecule has 2 N–H and O–H groups in total. The summed E-state index contributed by atoms with van der Waals surface area (Å²) in [5.74, 6) is 0.0226. The van der Waals surface area contributed by atoms with E-state index in [4.69, 9.17) is 25.8 Å². The molecule has 0 spiro atoms. The molecule has 0 bridgehead atoms. The Morgan fingerprint density at radius 2 is 1.49 bits per heavy atom. The van der Waals surface area contributed by atoms with Crippen molar-refractivity contribution in [2.45, 2.75) is 58.7 Å². The number of carbonyl (C=O) groups is 2. The predicted molar refractivity (Wildman–Crippen MR) is 157 cm³/mol. The maximum Gasteiger partial charge on any atom is 0.411 e. The number of rotatable bonds is 12. The molecule has 2 unspecified atom stereocenters. The second-order valence-corrected chi connectivity index (χ2v) is 12.2. The molecular weight excluding hydrogens is 565 g/mol. The lowest BCUT2D eigenvalue weighted by Gasteiger charge is -2.40. The fourth-order valence-corrected chi connectivity index (χ4v) is 4.89. The van der Waals surface area contributed by atoms with E-state index >= 15 is 0 Å². The lowest BCUT2D eigenvalue weighted by atomic mass is 10.0. The van der Waals surface area contributed by atoms with Crippen LogP contribution in [0.15, 0.2) is 54.6 Å². The van der Waals surface area contributed by atoms with Crippen LogP contribution in [-0.4, -0.2) is 68.3 Å². The zero-order valence-corrected chi connectivity index (χ0v) is 26.2. The van der Waals surface area contributed by atoms with E-state index in [2.05, 4.69) is 22.8 Å². The highest BCUT2D eigenvalue weighted by Gasteiger charge is 2.32. The number of piperidine rings is 1. The van der Waals surface area contributed by atoms with Gasteiger partial charge < -0.3 is 37.3 Å². The number of likely N-dealkylation sites (tertiary alicyclic amines) is 1. The topological polar surface area (TPSA) is 85.9 Å². The number of hydrogen-bond acceptors (Lipinski definition) is 5. The van der Waals surface area contributed by atoms with E-state index in [1.165, 1.54) is 6.42 Å². The van der Waals surface area contributed by atoms with E-state index in [1.54, 1.807) is 0 Å². The summed E-state index contributed by atoms with van der Waals surface area (Å²) in [6.45, 7) is 11.7. The zero-order chi connectivity index (χ0) is 29.0. The van der Waals surface area contributed by atoms with Crippen molar-refractivity contribution in [3.63, 3.8) is 0 Å². The molecule has 1 fully saturated rings. The van der Waals surface area contributed by atoms with Gasteiger partial charge in [-0.05, 0) is 69.2 Å². The number of carbonyl (C=O) groups excluding carboxylic acids is 2. The molecule has 2 amide bonds. The monoisotopic (exact) mass is 609 g/mol. The zero-order valence-electron chi connectivity index (χ0n) is 24.7. The predicted octanol–water partition coefficient (Wildman–Crippen LogP) is 3.30. The molecule has 1 saturated heterocycles. The average Bonchev–Trinajstić information content (AvgIpc) is 2.93. The Bertz CT molecular complexity index is 1060. The summed E-state index contributed by atoms with van der Waals surface area (Å²) in [6, 6.07) is 17.9. The number of nitrogens with zero attached hydrogens (tertiary/aromatic N) is 1. The minimum atomic E-state index is -0.550. The molecule has 0 saturated carbocycles. The van der Waals surface area contributed by atoms with Crippen molar-refractivity contribution >= 4 is 23.8 Å². The highest BCUT2D eigenvalue weighted by molar-refractivity contribution is 6.30. The Kier molecular flexibility index (Phi) is 14.2. The Hall–Kier alpha value is -2.52. The fourth-order valence-electron chi connectivity index (χ4n) is 4.76. The second kappa shape index (κ2) is 16.8. The first-order valence-corrected chi connectivity index (χ1v) is 14.6. The number of nitrogens with one attached hydrogen (secondary N) is 2. The van der Waals surface area contributed by atoms with Crippen LogP contribution in [0, 0.1) is 5.92 Å². The third-order valence-electron chi connectivity index (χ3n) is 6.95. The molecular formula is C31H45Cl2N3O5. The fraction of sp³-hybridized carbons (Fsp3) is 0.548. The molecule has 1 aliphatic heterocycles. The minimum absolute atomic E-state index is 0. The standard InChI is InChI=1S/C31H44ClN3O5.ClH/c1-24(22-34-30(37)40-31(2,3)4)21-33-29(36)39-23-35(17-9-6-10-18-35)19-20-38-28(25-11-7-5-8-12-25)26-13-15-27(32)16-14-26;/h5,7-8,11-16,24,28H,6,9-10,17-23H2,1-4H3,(H-,33,34,36,37);1H. The van der Waals surface area contributed by atoms with Gasteiger partial charge >= 0.3 is 12.2 Å². The van der Waals surface area contributed by atoms with Crippen molar-refractivity contribution in [3.8, 4) is 0 Å². The third kappa shape index (κ3) is 12.5. The molecule has 8 nitrogen and oxygen atoms in total. The van der Waals surface area contributed by atoms with E-state index in [9.17, 15) is 9.59 Å². The molecule has 10 heteroatoms. The number of hydrogen-bond donors (Lipinski definition) is 2. The van der Waals surface area contributed by atoms with Crippen LogP contribution in [0.4, 0.5) is 9.59 Å². The number of alkyl carbamates (subject to hydrolysis) is 2. The van der Waals surface area contributed by atoms with Crippen LogP contribution >= 0.6 is 11.6 Å². The van der Waals surface area contributed by atoms with Gasteiger partial charge in [-0.15, -0.1) is 0 Å². The molecule has 0 radical (unpaired) electrons. The molecule has 3 rings (SSSR count). The minimum Gasteiger partial charge on any atom is -1.00 e. The Morgan fingerprint density at radius 3 is 2.10 bits per heavy atom. The SMILES string of the molecule is CC(CNC(=O)OC[N+]1(CCOC(c2ccccc2)c2ccc(Cl)cc2)CCCCC1)CNC(=O)OC(C)(C)C.[Cl-]. The summed E-state index contributed by atoms with van der Waals surface area (Å²) in [5.41, 5.74) is 1.58. The number of ether oxygens (including phenoxy) is 3. The van der Waals surface area contributed by atoms with Gasteiger partial charge in [0.05, 0.1) is 19.7 Å². The van der Waals surface area contributed by atoms with Gasteiger partial charge in [-0.2, -0.15) is 0 Å². The van der Waals surface area contributed by atoms with Crippen molar-refractivity contribution < 1.29 is 40.7 Å². The van der Waals surface area contributed by atoms with Crippen LogP contribution < -0.4 is 23.0 Å². The van der Waals surface area contributed by atoms with Gasteiger partial charge in [-0.1, -0.05) is 61.0 Å². The van der Waals surface area contributed by atoms with Crippen molar-refractivity contribution in [3.05, 3.63) is 70.7 Å². The normalized spacial score (nSPS) is 16.0. The lowest BCUT2D eigenvalue weighted by molar-refractivity contribution is -0.948. The van der Waals surface area contributed by atoms with Crippen LogP contribution in [0.3, 0.4) is 0 Å². The summed E-state index contributed by atoms with van der Waals surface area (Å²) in [6.07, 6.45) is 2.26. The molecule has 2 atom stereocenters. The molecule has 2 aromatic rings. The summed E-state index contributed by atoms with van der Waals surface area (Å²) < 4.78 is 18.1. The Labute approximate surface area is 256 Å². The van der Waals surface area contributed by atoms with Crippen molar-refractivity contribution in [1.29, 1.82) is 0 Å². The smallest absolute Gasteiger partial charge is 0.411 e. The Morgan fingerprint density at radius 1 is 0.902 bits per heavy atom. The first kappa shape index (κ1) is 34.7. The molecule has 0 aromatic heterocycles. The second-order valence-electron chi connectivity index (χ2n) is 11.7. The molecule has 41 heavy (non-hydrogen) atoms. The summed E-state index contributed by atoms with van der Waals surface area (Å²) in [7, 11) is 0. The van der Waals surface area contributed by atoms with Crippen LogP contribution in [0.2, 0.25) is 5.02 Å².